The number of carbonyl (C=O) groups is 1. The average molecular weight is 332 g/mol. The Hall–Kier alpha value is -2.14. The number of nitrogen functional groups attached to an aromatic ring is 1. The fraction of sp³-hybridized carbons (Fsp3) is 0.0667. The molecular formula is C15H14BrN3O. The first kappa shape index (κ1) is 14.3. The summed E-state index contributed by atoms with van der Waals surface area (Å²) in [5, 5.41) is 3.93. The number of rotatable bonds is 4. The van der Waals surface area contributed by atoms with Crippen molar-refractivity contribution in [3.63, 3.8) is 0 Å². The minimum absolute atomic E-state index is 0.166. The molecule has 5 heteroatoms. The molecule has 1 amide bonds. The third-order valence-corrected chi connectivity index (χ3v) is 3.09. The molecule has 3 N–H and O–H groups in total. The van der Waals surface area contributed by atoms with Crippen LogP contribution in [0.1, 0.15) is 11.1 Å². The molecule has 0 saturated heterocycles. The van der Waals surface area contributed by atoms with Gasteiger partial charge < -0.3 is 5.73 Å². The fourth-order valence-electron chi connectivity index (χ4n) is 1.63. The van der Waals surface area contributed by atoms with E-state index in [1.54, 1.807) is 18.3 Å². The largest absolute Gasteiger partial charge is 0.399 e. The van der Waals surface area contributed by atoms with Crippen LogP contribution < -0.4 is 11.2 Å². The summed E-state index contributed by atoms with van der Waals surface area (Å²) in [5.41, 5.74) is 10.6. The summed E-state index contributed by atoms with van der Waals surface area (Å²) < 4.78 is 0.967. The Morgan fingerprint density at radius 2 is 2.00 bits per heavy atom. The third-order valence-electron chi connectivity index (χ3n) is 2.60. The highest BCUT2D eigenvalue weighted by Crippen LogP contribution is 2.10. The summed E-state index contributed by atoms with van der Waals surface area (Å²) in [6.45, 7) is 0. The Morgan fingerprint density at radius 3 is 2.70 bits per heavy atom. The number of nitrogens with one attached hydrogen (secondary N) is 1. The number of carbonyl (C=O) groups excluding carboxylic acids is 1. The van der Waals surface area contributed by atoms with Crippen LogP contribution in [-0.2, 0) is 11.2 Å². The summed E-state index contributed by atoms with van der Waals surface area (Å²) >= 11 is 3.37. The minimum atomic E-state index is -0.166. The van der Waals surface area contributed by atoms with E-state index in [2.05, 4.69) is 26.5 Å². The lowest BCUT2D eigenvalue weighted by Crippen LogP contribution is -2.19. The van der Waals surface area contributed by atoms with Crippen molar-refractivity contribution < 1.29 is 4.79 Å². The maximum atomic E-state index is 11.7. The van der Waals surface area contributed by atoms with Gasteiger partial charge in [-0.25, -0.2) is 5.43 Å². The Bertz CT molecular complexity index is 623. The van der Waals surface area contributed by atoms with Crippen molar-refractivity contribution >= 4 is 33.7 Å². The second-order valence-electron chi connectivity index (χ2n) is 4.27. The van der Waals surface area contributed by atoms with Gasteiger partial charge in [-0.3, -0.25) is 4.79 Å². The zero-order chi connectivity index (χ0) is 14.4. The highest BCUT2D eigenvalue weighted by molar-refractivity contribution is 9.10. The van der Waals surface area contributed by atoms with Gasteiger partial charge in [0.05, 0.1) is 12.6 Å². The van der Waals surface area contributed by atoms with Crippen LogP contribution in [0.25, 0.3) is 0 Å². The van der Waals surface area contributed by atoms with Crippen molar-refractivity contribution in [1.82, 2.24) is 5.43 Å². The zero-order valence-corrected chi connectivity index (χ0v) is 12.3. The maximum Gasteiger partial charge on any atom is 0.244 e. The fourth-order valence-corrected chi connectivity index (χ4v) is 2.04. The summed E-state index contributed by atoms with van der Waals surface area (Å²) in [5.74, 6) is -0.166. The van der Waals surface area contributed by atoms with E-state index in [-0.39, 0.29) is 12.3 Å². The van der Waals surface area contributed by atoms with Crippen LogP contribution in [0, 0.1) is 0 Å². The van der Waals surface area contributed by atoms with Crippen LogP contribution in [-0.4, -0.2) is 12.1 Å². The molecule has 0 atom stereocenters. The molecule has 0 aliphatic carbocycles. The molecule has 102 valence electrons. The lowest BCUT2D eigenvalue weighted by atomic mass is 10.1. The molecule has 4 nitrogen and oxygen atoms in total. The number of anilines is 1. The van der Waals surface area contributed by atoms with E-state index in [1.165, 1.54) is 0 Å². The molecule has 2 aromatic rings. The standard InChI is InChI=1S/C15H14BrN3O/c16-13-3-1-2-12(8-13)10-18-19-15(20)9-11-4-6-14(17)7-5-11/h1-8,10H,9,17H2,(H,19,20)/b18-10-. The van der Waals surface area contributed by atoms with Crippen molar-refractivity contribution in [2.75, 3.05) is 5.73 Å². The normalized spacial score (nSPS) is 10.7. The Labute approximate surface area is 125 Å². The van der Waals surface area contributed by atoms with Crippen LogP contribution in [0.15, 0.2) is 58.1 Å². The number of hydrogen-bond donors (Lipinski definition) is 2. The minimum Gasteiger partial charge on any atom is -0.399 e. The van der Waals surface area contributed by atoms with Gasteiger partial charge in [-0.1, -0.05) is 40.2 Å². The maximum absolute atomic E-state index is 11.7. The van der Waals surface area contributed by atoms with Crippen LogP contribution in [0.3, 0.4) is 0 Å². The smallest absolute Gasteiger partial charge is 0.244 e. The molecule has 0 aromatic heterocycles. The number of halogens is 1. The molecule has 2 rings (SSSR count). The predicted octanol–water partition coefficient (Wildman–Crippen LogP) is 2.72. The molecule has 0 spiro atoms. The van der Waals surface area contributed by atoms with Gasteiger partial charge in [-0.05, 0) is 35.4 Å². The summed E-state index contributed by atoms with van der Waals surface area (Å²) in [7, 11) is 0. The molecule has 0 aliphatic rings. The van der Waals surface area contributed by atoms with Crippen molar-refractivity contribution in [3.8, 4) is 0 Å². The summed E-state index contributed by atoms with van der Waals surface area (Å²) in [6, 6.07) is 14.8. The molecule has 0 aliphatic heterocycles. The second-order valence-corrected chi connectivity index (χ2v) is 5.18. The van der Waals surface area contributed by atoms with Gasteiger partial charge >= 0.3 is 0 Å². The van der Waals surface area contributed by atoms with Gasteiger partial charge in [-0.2, -0.15) is 5.10 Å². The highest BCUT2D eigenvalue weighted by Gasteiger charge is 2.01. The SMILES string of the molecule is Nc1ccc(CC(=O)N/N=C\c2cccc(Br)c2)cc1. The summed E-state index contributed by atoms with van der Waals surface area (Å²) in [4.78, 5) is 11.7. The topological polar surface area (TPSA) is 67.5 Å². The van der Waals surface area contributed by atoms with Crippen molar-refractivity contribution in [3.05, 3.63) is 64.1 Å². The molecule has 0 bridgehead atoms. The lowest BCUT2D eigenvalue weighted by molar-refractivity contribution is -0.120. The van der Waals surface area contributed by atoms with E-state index >= 15 is 0 Å². The number of hydrogen-bond acceptors (Lipinski definition) is 3. The van der Waals surface area contributed by atoms with E-state index in [0.717, 1.165) is 15.6 Å². The first-order valence-electron chi connectivity index (χ1n) is 6.05. The van der Waals surface area contributed by atoms with Gasteiger partial charge in [0.2, 0.25) is 5.91 Å². The van der Waals surface area contributed by atoms with Crippen LogP contribution in [0.5, 0.6) is 0 Å². The van der Waals surface area contributed by atoms with E-state index < -0.39 is 0 Å². The van der Waals surface area contributed by atoms with Gasteiger partial charge in [0, 0.05) is 10.2 Å². The van der Waals surface area contributed by atoms with Crippen LogP contribution in [0.4, 0.5) is 5.69 Å². The molecule has 20 heavy (non-hydrogen) atoms. The Balaban J connectivity index is 1.87. The van der Waals surface area contributed by atoms with Crippen molar-refractivity contribution in [2.45, 2.75) is 6.42 Å². The average Bonchev–Trinajstić information content (AvgIpc) is 2.41. The van der Waals surface area contributed by atoms with Crippen molar-refractivity contribution in [1.29, 1.82) is 0 Å². The molecule has 0 saturated carbocycles. The molecule has 0 radical (unpaired) electrons. The van der Waals surface area contributed by atoms with E-state index in [9.17, 15) is 4.79 Å². The number of hydrazone groups is 1. The number of nitrogens with zero attached hydrogens (tertiary/aromatic N) is 1. The highest BCUT2D eigenvalue weighted by atomic mass is 79.9. The van der Waals surface area contributed by atoms with Crippen LogP contribution in [0.2, 0.25) is 0 Å². The molecular weight excluding hydrogens is 318 g/mol. The Morgan fingerprint density at radius 1 is 1.25 bits per heavy atom. The van der Waals surface area contributed by atoms with Gasteiger partial charge in [0.15, 0.2) is 0 Å². The lowest BCUT2D eigenvalue weighted by Gasteiger charge is -2.01. The van der Waals surface area contributed by atoms with Crippen molar-refractivity contribution in [2.24, 2.45) is 5.10 Å². The first-order valence-corrected chi connectivity index (χ1v) is 6.85. The van der Waals surface area contributed by atoms with Gasteiger partial charge in [-0.15, -0.1) is 0 Å². The monoisotopic (exact) mass is 331 g/mol. The number of amides is 1. The second kappa shape index (κ2) is 6.86. The van der Waals surface area contributed by atoms with E-state index in [0.29, 0.717) is 5.69 Å². The molecule has 0 unspecified atom stereocenters. The molecule has 0 fully saturated rings. The van der Waals surface area contributed by atoms with Gasteiger partial charge in [0.25, 0.3) is 0 Å². The van der Waals surface area contributed by atoms with Crippen LogP contribution >= 0.6 is 15.9 Å². The van der Waals surface area contributed by atoms with E-state index in [1.807, 2.05) is 36.4 Å². The number of nitrogens with two attached hydrogens (primary N) is 1. The molecule has 2 aromatic carbocycles. The van der Waals surface area contributed by atoms with E-state index in [4.69, 9.17) is 5.73 Å². The molecule has 0 heterocycles. The quantitative estimate of drug-likeness (QED) is 0.514. The predicted molar refractivity (Wildman–Crippen MR) is 84.4 cm³/mol. The summed E-state index contributed by atoms with van der Waals surface area (Å²) in [6.07, 6.45) is 1.88. The first-order chi connectivity index (χ1) is 9.63. The Kier molecular flexibility index (Phi) is 4.90. The number of benzene rings is 2. The third kappa shape index (κ3) is 4.51. The van der Waals surface area contributed by atoms with Gasteiger partial charge in [0.1, 0.15) is 0 Å². The zero-order valence-electron chi connectivity index (χ0n) is 10.7.